The van der Waals surface area contributed by atoms with E-state index in [1.54, 1.807) is 19.2 Å². The summed E-state index contributed by atoms with van der Waals surface area (Å²) in [5.41, 5.74) is 0.904. The Labute approximate surface area is 185 Å². The van der Waals surface area contributed by atoms with Crippen molar-refractivity contribution in [3.63, 3.8) is 0 Å². The van der Waals surface area contributed by atoms with Crippen molar-refractivity contribution in [2.24, 2.45) is 16.7 Å². The molecule has 2 aliphatic carbocycles. The van der Waals surface area contributed by atoms with E-state index in [1.165, 1.54) is 16.8 Å². The topological polar surface area (TPSA) is 98.7 Å². The molecule has 3 aliphatic rings. The number of β-amino-alcohol motifs (C(OH)–C–C–N with tert-alkyl or cyclic N) is 1. The number of rotatable bonds is 5. The predicted octanol–water partition coefficient (Wildman–Crippen LogP) is 2.82. The molecule has 4 rings (SSSR count). The third kappa shape index (κ3) is 3.76. The molecule has 0 spiro atoms. The Kier molecular flexibility index (Phi) is 5.63. The summed E-state index contributed by atoms with van der Waals surface area (Å²) in [5.74, 6) is 0.376. The highest BCUT2D eigenvalue weighted by atomic mass is 32.2. The maximum atomic E-state index is 13.3. The summed E-state index contributed by atoms with van der Waals surface area (Å²) >= 11 is 0. The number of carbonyl (C=O) groups is 1. The van der Waals surface area contributed by atoms with Gasteiger partial charge >= 0.3 is 0 Å². The predicted molar refractivity (Wildman–Crippen MR) is 120 cm³/mol. The minimum atomic E-state index is -3.83. The number of nitrogens with one attached hydrogen (secondary N) is 2. The molecule has 7 nitrogen and oxygen atoms in total. The zero-order valence-corrected chi connectivity index (χ0v) is 19.8. The maximum Gasteiger partial charge on any atom is 0.251 e. The van der Waals surface area contributed by atoms with E-state index in [2.05, 4.69) is 31.4 Å². The third-order valence-corrected chi connectivity index (χ3v) is 9.94. The minimum Gasteiger partial charge on any atom is -0.392 e. The smallest absolute Gasteiger partial charge is 0.251 e. The van der Waals surface area contributed by atoms with Crippen molar-refractivity contribution in [2.45, 2.75) is 69.9 Å². The average Bonchev–Trinajstić information content (AvgIpc) is 3.21. The van der Waals surface area contributed by atoms with Gasteiger partial charge in [0.2, 0.25) is 10.0 Å². The molecule has 1 saturated heterocycles. The van der Waals surface area contributed by atoms with Crippen LogP contribution >= 0.6 is 0 Å². The summed E-state index contributed by atoms with van der Waals surface area (Å²) in [4.78, 5) is 13.3. The number of piperidine rings is 1. The molecule has 1 amide bonds. The number of sulfonamides is 1. The first-order valence-corrected chi connectivity index (χ1v) is 12.7. The van der Waals surface area contributed by atoms with Crippen LogP contribution in [0.3, 0.4) is 0 Å². The SMILES string of the molecule is CNc1ccc(C(=O)N[C@@H]2C(C)(C)[C@@H]3CC[C@]2(C)C3)cc1S(=O)(=O)N1CCCC(O)C1. The van der Waals surface area contributed by atoms with Crippen LogP contribution < -0.4 is 10.6 Å². The lowest BCUT2D eigenvalue weighted by atomic mass is 9.68. The number of hydrogen-bond donors (Lipinski definition) is 3. The fourth-order valence-corrected chi connectivity index (χ4v) is 7.98. The Balaban J connectivity index is 1.62. The van der Waals surface area contributed by atoms with Crippen molar-refractivity contribution >= 4 is 21.6 Å². The lowest BCUT2D eigenvalue weighted by molar-refractivity contribution is 0.0737. The second-order valence-electron chi connectivity index (χ2n) is 10.4. The molecule has 1 heterocycles. The van der Waals surface area contributed by atoms with Crippen molar-refractivity contribution in [2.75, 3.05) is 25.5 Å². The van der Waals surface area contributed by atoms with Crippen molar-refractivity contribution in [3.05, 3.63) is 23.8 Å². The number of aliphatic hydroxyl groups excluding tert-OH is 1. The van der Waals surface area contributed by atoms with Crippen LogP contribution in [0.4, 0.5) is 5.69 Å². The van der Waals surface area contributed by atoms with E-state index in [-0.39, 0.29) is 34.2 Å². The maximum absolute atomic E-state index is 13.3. The molecule has 1 aliphatic heterocycles. The van der Waals surface area contributed by atoms with E-state index in [9.17, 15) is 18.3 Å². The highest BCUT2D eigenvalue weighted by Crippen LogP contribution is 2.62. The highest BCUT2D eigenvalue weighted by molar-refractivity contribution is 7.89. The monoisotopic (exact) mass is 449 g/mol. The first-order chi connectivity index (χ1) is 14.5. The molecule has 172 valence electrons. The van der Waals surface area contributed by atoms with Gasteiger partial charge in [-0.05, 0) is 67.1 Å². The first-order valence-electron chi connectivity index (χ1n) is 11.3. The van der Waals surface area contributed by atoms with E-state index < -0.39 is 16.1 Å². The van der Waals surface area contributed by atoms with Gasteiger partial charge in [0, 0.05) is 31.7 Å². The van der Waals surface area contributed by atoms with Gasteiger partial charge in [0.1, 0.15) is 4.90 Å². The second-order valence-corrected chi connectivity index (χ2v) is 12.3. The number of hydrogen-bond acceptors (Lipinski definition) is 5. The summed E-state index contributed by atoms with van der Waals surface area (Å²) in [6.07, 6.45) is 4.00. The molecule has 3 fully saturated rings. The van der Waals surface area contributed by atoms with E-state index in [0.717, 1.165) is 12.8 Å². The summed E-state index contributed by atoms with van der Waals surface area (Å²) in [6.45, 7) is 7.17. The van der Waals surface area contributed by atoms with Crippen LogP contribution in [0, 0.1) is 16.7 Å². The van der Waals surface area contributed by atoms with Crippen LogP contribution in [0.2, 0.25) is 0 Å². The molecular weight excluding hydrogens is 414 g/mol. The Morgan fingerprint density at radius 1 is 1.23 bits per heavy atom. The molecule has 1 aromatic rings. The van der Waals surface area contributed by atoms with Crippen molar-refractivity contribution < 1.29 is 18.3 Å². The summed E-state index contributed by atoms with van der Waals surface area (Å²) in [7, 11) is -2.17. The molecule has 1 aromatic carbocycles. The second kappa shape index (κ2) is 7.74. The lowest BCUT2D eigenvalue weighted by Crippen LogP contribution is -2.52. The standard InChI is InChI=1S/C23H35N3O4S/c1-22(2)16-9-10-23(3,13-16)21(22)25-20(28)15-7-8-18(24-4)19(12-15)31(29,30)26-11-5-6-17(27)14-26/h7-8,12,16-17,21,24,27H,5-6,9-11,13-14H2,1-4H3,(H,25,28)/t16-,17?,21-,23-/m1/s1. The van der Waals surface area contributed by atoms with Gasteiger partial charge in [-0.2, -0.15) is 4.31 Å². The van der Waals surface area contributed by atoms with Crippen LogP contribution in [0.1, 0.15) is 63.2 Å². The highest BCUT2D eigenvalue weighted by Gasteiger charge is 2.59. The van der Waals surface area contributed by atoms with Crippen LogP contribution in [0.25, 0.3) is 0 Å². The van der Waals surface area contributed by atoms with Crippen LogP contribution in [-0.4, -0.2) is 56.0 Å². The summed E-state index contributed by atoms with van der Waals surface area (Å²) in [6, 6.07) is 4.86. The quantitative estimate of drug-likeness (QED) is 0.642. The fraction of sp³-hybridized carbons (Fsp3) is 0.696. The summed E-state index contributed by atoms with van der Waals surface area (Å²) < 4.78 is 28.0. The molecule has 1 unspecified atom stereocenters. The van der Waals surface area contributed by atoms with E-state index in [0.29, 0.717) is 36.6 Å². The zero-order chi connectivity index (χ0) is 22.6. The van der Waals surface area contributed by atoms with Crippen molar-refractivity contribution in [1.29, 1.82) is 0 Å². The Morgan fingerprint density at radius 2 is 1.97 bits per heavy atom. The van der Waals surface area contributed by atoms with Crippen LogP contribution in [0.5, 0.6) is 0 Å². The normalized spacial score (nSPS) is 32.7. The molecular formula is C23H35N3O4S. The van der Waals surface area contributed by atoms with Crippen LogP contribution in [0.15, 0.2) is 23.1 Å². The number of amides is 1. The van der Waals surface area contributed by atoms with E-state index in [1.807, 2.05) is 0 Å². The Bertz CT molecular complexity index is 972. The van der Waals surface area contributed by atoms with Crippen LogP contribution in [-0.2, 0) is 10.0 Å². The molecule has 2 bridgehead atoms. The molecule has 4 atom stereocenters. The van der Waals surface area contributed by atoms with Gasteiger partial charge in [-0.3, -0.25) is 4.79 Å². The lowest BCUT2D eigenvalue weighted by Gasteiger charge is -2.43. The van der Waals surface area contributed by atoms with Crippen molar-refractivity contribution in [3.8, 4) is 0 Å². The van der Waals surface area contributed by atoms with Crippen molar-refractivity contribution in [1.82, 2.24) is 9.62 Å². The van der Waals surface area contributed by atoms with Gasteiger partial charge in [-0.1, -0.05) is 20.8 Å². The Morgan fingerprint density at radius 3 is 2.58 bits per heavy atom. The largest absolute Gasteiger partial charge is 0.392 e. The first kappa shape index (κ1) is 22.6. The number of carbonyl (C=O) groups excluding carboxylic acids is 1. The molecule has 3 N–H and O–H groups in total. The minimum absolute atomic E-state index is 0.0203. The van der Waals surface area contributed by atoms with Gasteiger partial charge in [0.05, 0.1) is 11.8 Å². The number of nitrogens with zero attached hydrogens (tertiary/aromatic N) is 1. The third-order valence-electron chi connectivity index (χ3n) is 8.04. The molecule has 0 aromatic heterocycles. The molecule has 8 heteroatoms. The van der Waals surface area contributed by atoms with Gasteiger partial charge in [0.15, 0.2) is 0 Å². The van der Waals surface area contributed by atoms with E-state index >= 15 is 0 Å². The van der Waals surface area contributed by atoms with Gasteiger partial charge in [-0.25, -0.2) is 8.42 Å². The number of benzene rings is 1. The van der Waals surface area contributed by atoms with Gasteiger partial charge in [0.25, 0.3) is 5.91 Å². The average molecular weight is 450 g/mol. The van der Waals surface area contributed by atoms with Gasteiger partial charge in [-0.15, -0.1) is 0 Å². The molecule has 0 radical (unpaired) electrons. The van der Waals surface area contributed by atoms with Gasteiger partial charge < -0.3 is 15.7 Å². The molecule has 2 saturated carbocycles. The number of anilines is 1. The number of fused-ring (bicyclic) bond motifs is 2. The Hall–Kier alpha value is -1.64. The zero-order valence-electron chi connectivity index (χ0n) is 18.9. The summed E-state index contributed by atoms with van der Waals surface area (Å²) in [5, 5.41) is 16.1. The number of aliphatic hydroxyl groups is 1. The fourth-order valence-electron chi connectivity index (χ4n) is 6.24. The van der Waals surface area contributed by atoms with E-state index in [4.69, 9.17) is 0 Å². The molecule has 31 heavy (non-hydrogen) atoms.